The standard InChI is InChI=1S/C13H15ClN4O/c1-8(13(19)18(2)3)17-12-10-5-4-9(14)6-11(10)15-7-16-12/h4-8H,1-3H3,(H,15,16,17)/t8-/m0/s1. The Bertz CT molecular complexity index is 615. The summed E-state index contributed by atoms with van der Waals surface area (Å²) in [4.78, 5) is 21.7. The molecule has 2 rings (SSSR count). The van der Waals surface area contributed by atoms with Crippen LogP contribution >= 0.6 is 11.6 Å². The Morgan fingerprint density at radius 3 is 2.79 bits per heavy atom. The fourth-order valence-electron chi connectivity index (χ4n) is 1.80. The molecule has 1 aromatic heterocycles. The molecular weight excluding hydrogens is 264 g/mol. The Labute approximate surface area is 116 Å². The highest BCUT2D eigenvalue weighted by Gasteiger charge is 2.16. The van der Waals surface area contributed by atoms with Gasteiger partial charge in [-0.25, -0.2) is 9.97 Å². The number of aromatic nitrogens is 2. The normalized spacial score (nSPS) is 12.2. The monoisotopic (exact) mass is 278 g/mol. The second kappa shape index (κ2) is 5.40. The zero-order valence-electron chi connectivity index (χ0n) is 11.0. The van der Waals surface area contributed by atoms with Crippen molar-refractivity contribution in [3.8, 4) is 0 Å². The van der Waals surface area contributed by atoms with Crippen LogP contribution in [0.4, 0.5) is 5.82 Å². The van der Waals surface area contributed by atoms with Gasteiger partial charge in [-0.05, 0) is 25.1 Å². The van der Waals surface area contributed by atoms with Crippen molar-refractivity contribution in [3.63, 3.8) is 0 Å². The highest BCUT2D eigenvalue weighted by atomic mass is 35.5. The maximum absolute atomic E-state index is 11.8. The topological polar surface area (TPSA) is 58.1 Å². The van der Waals surface area contributed by atoms with Gasteiger partial charge in [0.05, 0.1) is 5.52 Å². The van der Waals surface area contributed by atoms with Crippen molar-refractivity contribution in [2.24, 2.45) is 0 Å². The van der Waals surface area contributed by atoms with Gasteiger partial charge < -0.3 is 10.2 Å². The fourth-order valence-corrected chi connectivity index (χ4v) is 1.97. The summed E-state index contributed by atoms with van der Waals surface area (Å²) in [6, 6.07) is 5.02. The molecule has 0 spiro atoms. The average Bonchev–Trinajstić information content (AvgIpc) is 2.37. The van der Waals surface area contributed by atoms with Crippen LogP contribution in [-0.4, -0.2) is 40.9 Å². The number of hydrogen-bond donors (Lipinski definition) is 1. The van der Waals surface area contributed by atoms with Crippen molar-refractivity contribution in [3.05, 3.63) is 29.5 Å². The Kier molecular flexibility index (Phi) is 3.85. The first-order valence-corrected chi connectivity index (χ1v) is 6.25. The lowest BCUT2D eigenvalue weighted by Gasteiger charge is -2.19. The summed E-state index contributed by atoms with van der Waals surface area (Å²) in [7, 11) is 3.44. The van der Waals surface area contributed by atoms with Gasteiger partial charge in [-0.1, -0.05) is 11.6 Å². The molecule has 1 aromatic carbocycles. The van der Waals surface area contributed by atoms with Gasteiger partial charge in [-0.15, -0.1) is 0 Å². The first kappa shape index (κ1) is 13.5. The molecule has 0 saturated carbocycles. The molecule has 0 aliphatic carbocycles. The summed E-state index contributed by atoms with van der Waals surface area (Å²) < 4.78 is 0. The molecular formula is C13H15ClN4O. The van der Waals surface area contributed by atoms with E-state index in [4.69, 9.17) is 11.6 Å². The minimum atomic E-state index is -0.358. The zero-order valence-corrected chi connectivity index (χ0v) is 11.8. The summed E-state index contributed by atoms with van der Waals surface area (Å²) >= 11 is 5.93. The van der Waals surface area contributed by atoms with E-state index in [0.717, 1.165) is 10.9 Å². The third-order valence-corrected chi connectivity index (χ3v) is 3.00. The molecule has 1 heterocycles. The Hall–Kier alpha value is -1.88. The maximum Gasteiger partial charge on any atom is 0.244 e. The predicted octanol–water partition coefficient (Wildman–Crippen LogP) is 2.17. The number of rotatable bonds is 3. The molecule has 1 amide bonds. The fraction of sp³-hybridized carbons (Fsp3) is 0.308. The van der Waals surface area contributed by atoms with Crippen LogP contribution in [0.25, 0.3) is 10.9 Å². The highest BCUT2D eigenvalue weighted by Crippen LogP contribution is 2.22. The van der Waals surface area contributed by atoms with Crippen molar-refractivity contribution in [2.75, 3.05) is 19.4 Å². The van der Waals surface area contributed by atoms with Crippen LogP contribution in [-0.2, 0) is 4.79 Å². The number of fused-ring (bicyclic) bond motifs is 1. The lowest BCUT2D eigenvalue weighted by atomic mass is 10.2. The van der Waals surface area contributed by atoms with E-state index in [2.05, 4.69) is 15.3 Å². The van der Waals surface area contributed by atoms with E-state index in [1.807, 2.05) is 6.07 Å². The van der Waals surface area contributed by atoms with Crippen LogP contribution in [0, 0.1) is 0 Å². The second-order valence-corrected chi connectivity index (χ2v) is 4.92. The van der Waals surface area contributed by atoms with Crippen molar-refractivity contribution >= 4 is 34.2 Å². The Balaban J connectivity index is 2.33. The SMILES string of the molecule is C[C@H](Nc1ncnc2cc(Cl)ccc12)C(=O)N(C)C. The molecule has 6 heteroatoms. The van der Waals surface area contributed by atoms with Gasteiger partial charge in [-0.2, -0.15) is 0 Å². The summed E-state index contributed by atoms with van der Waals surface area (Å²) in [5.41, 5.74) is 0.745. The van der Waals surface area contributed by atoms with Crippen LogP contribution in [0.15, 0.2) is 24.5 Å². The molecule has 5 nitrogen and oxygen atoms in total. The third-order valence-electron chi connectivity index (χ3n) is 2.76. The van der Waals surface area contributed by atoms with Gasteiger partial charge >= 0.3 is 0 Å². The number of amides is 1. The van der Waals surface area contributed by atoms with Crippen LogP contribution in [0.5, 0.6) is 0 Å². The molecule has 2 aromatic rings. The molecule has 100 valence electrons. The van der Waals surface area contributed by atoms with Gasteiger partial charge in [0.25, 0.3) is 0 Å². The number of anilines is 1. The molecule has 0 radical (unpaired) electrons. The average molecular weight is 279 g/mol. The largest absolute Gasteiger partial charge is 0.358 e. The number of halogens is 1. The summed E-state index contributed by atoms with van der Waals surface area (Å²) in [5, 5.41) is 4.56. The van der Waals surface area contributed by atoms with Crippen molar-refractivity contribution in [1.82, 2.24) is 14.9 Å². The third kappa shape index (κ3) is 2.93. The van der Waals surface area contributed by atoms with Gasteiger partial charge in [0.2, 0.25) is 5.91 Å². The lowest BCUT2D eigenvalue weighted by Crippen LogP contribution is -2.36. The minimum Gasteiger partial charge on any atom is -0.358 e. The van der Waals surface area contributed by atoms with E-state index in [9.17, 15) is 4.79 Å². The van der Waals surface area contributed by atoms with Crippen molar-refractivity contribution in [1.29, 1.82) is 0 Å². The quantitative estimate of drug-likeness (QED) is 0.935. The summed E-state index contributed by atoms with van der Waals surface area (Å²) in [6.07, 6.45) is 1.45. The number of nitrogens with one attached hydrogen (secondary N) is 1. The Morgan fingerprint density at radius 2 is 2.11 bits per heavy atom. The molecule has 0 unspecified atom stereocenters. The van der Waals surface area contributed by atoms with Crippen molar-refractivity contribution in [2.45, 2.75) is 13.0 Å². The molecule has 0 saturated heterocycles. The smallest absolute Gasteiger partial charge is 0.244 e. The van der Waals surface area contributed by atoms with E-state index in [0.29, 0.717) is 10.8 Å². The van der Waals surface area contributed by atoms with Crippen LogP contribution in [0.3, 0.4) is 0 Å². The molecule has 1 atom stereocenters. The van der Waals surface area contributed by atoms with E-state index >= 15 is 0 Å². The minimum absolute atomic E-state index is 0.0132. The van der Waals surface area contributed by atoms with E-state index in [1.54, 1.807) is 33.2 Å². The molecule has 0 fully saturated rings. The number of benzene rings is 1. The summed E-state index contributed by atoms with van der Waals surface area (Å²) in [6.45, 7) is 1.80. The van der Waals surface area contributed by atoms with Gasteiger partial charge in [-0.3, -0.25) is 4.79 Å². The van der Waals surface area contributed by atoms with E-state index in [-0.39, 0.29) is 11.9 Å². The molecule has 0 aliphatic rings. The number of nitrogens with zero attached hydrogens (tertiary/aromatic N) is 3. The van der Waals surface area contributed by atoms with Crippen molar-refractivity contribution < 1.29 is 4.79 Å². The molecule has 19 heavy (non-hydrogen) atoms. The predicted molar refractivity (Wildman–Crippen MR) is 76.3 cm³/mol. The van der Waals surface area contributed by atoms with E-state index in [1.165, 1.54) is 11.2 Å². The lowest BCUT2D eigenvalue weighted by molar-refractivity contribution is -0.129. The first-order valence-electron chi connectivity index (χ1n) is 5.87. The molecule has 1 N–H and O–H groups in total. The number of carbonyl (C=O) groups is 1. The molecule has 0 bridgehead atoms. The Morgan fingerprint density at radius 1 is 1.37 bits per heavy atom. The number of hydrogen-bond acceptors (Lipinski definition) is 4. The van der Waals surface area contributed by atoms with E-state index < -0.39 is 0 Å². The second-order valence-electron chi connectivity index (χ2n) is 4.48. The van der Waals surface area contributed by atoms with Crippen LogP contribution < -0.4 is 5.32 Å². The van der Waals surface area contributed by atoms with Gasteiger partial charge in [0.15, 0.2) is 0 Å². The van der Waals surface area contributed by atoms with Gasteiger partial charge in [0.1, 0.15) is 18.2 Å². The summed E-state index contributed by atoms with van der Waals surface area (Å²) in [5.74, 6) is 0.616. The highest BCUT2D eigenvalue weighted by molar-refractivity contribution is 6.31. The number of carbonyl (C=O) groups excluding carboxylic acids is 1. The van der Waals surface area contributed by atoms with Crippen LogP contribution in [0.2, 0.25) is 5.02 Å². The van der Waals surface area contributed by atoms with Crippen LogP contribution in [0.1, 0.15) is 6.92 Å². The maximum atomic E-state index is 11.8. The van der Waals surface area contributed by atoms with Gasteiger partial charge in [0, 0.05) is 24.5 Å². The first-order chi connectivity index (χ1) is 8.99. The number of likely N-dealkylation sites (N-methyl/N-ethyl adjacent to an activating group) is 1. The molecule has 0 aliphatic heterocycles. The zero-order chi connectivity index (χ0) is 14.0.